The zero-order valence-electron chi connectivity index (χ0n) is 15.0. The Balaban J connectivity index is 0.00000196. The van der Waals surface area contributed by atoms with E-state index >= 15 is 0 Å². The van der Waals surface area contributed by atoms with Crippen LogP contribution in [0.5, 0.6) is 0 Å². The first kappa shape index (κ1) is 18.9. The fourth-order valence-corrected chi connectivity index (χ4v) is 4.26. The Morgan fingerprint density at radius 2 is 1.65 bits per heavy atom. The Labute approximate surface area is 162 Å². The third-order valence-electron chi connectivity index (χ3n) is 5.91. The predicted molar refractivity (Wildman–Crippen MR) is 107 cm³/mol. The Morgan fingerprint density at radius 1 is 1.04 bits per heavy atom. The second kappa shape index (κ2) is 8.24. The summed E-state index contributed by atoms with van der Waals surface area (Å²) < 4.78 is 0. The largest absolute Gasteiger partial charge is 0.349 e. The van der Waals surface area contributed by atoms with Crippen molar-refractivity contribution in [3.63, 3.8) is 0 Å². The number of hydrogen-bond donors (Lipinski definition) is 2. The maximum Gasteiger partial charge on any atom is 0.224 e. The molecule has 1 saturated carbocycles. The summed E-state index contributed by atoms with van der Waals surface area (Å²) in [5, 5.41) is 6.76. The van der Waals surface area contributed by atoms with Crippen molar-refractivity contribution in [1.29, 1.82) is 0 Å². The summed E-state index contributed by atoms with van der Waals surface area (Å²) >= 11 is 0. The highest BCUT2D eigenvalue weighted by molar-refractivity contribution is 5.85. The number of amides is 1. The Hall–Kier alpha value is -1.84. The van der Waals surface area contributed by atoms with Crippen LogP contribution in [0.1, 0.15) is 36.4 Å². The third-order valence-corrected chi connectivity index (χ3v) is 5.91. The van der Waals surface area contributed by atoms with Crippen LogP contribution in [-0.4, -0.2) is 19.0 Å². The van der Waals surface area contributed by atoms with Crippen LogP contribution < -0.4 is 10.6 Å². The highest BCUT2D eigenvalue weighted by Gasteiger charge is 2.57. The molecular weight excluding hydrogens is 344 g/mol. The quantitative estimate of drug-likeness (QED) is 0.838. The van der Waals surface area contributed by atoms with E-state index in [9.17, 15) is 4.79 Å². The monoisotopic (exact) mass is 370 g/mol. The molecule has 26 heavy (non-hydrogen) atoms. The minimum Gasteiger partial charge on any atom is -0.349 e. The van der Waals surface area contributed by atoms with Crippen molar-refractivity contribution in [1.82, 2.24) is 10.6 Å². The molecule has 1 heterocycles. The van der Waals surface area contributed by atoms with E-state index in [1.165, 1.54) is 11.1 Å². The average molecular weight is 371 g/mol. The van der Waals surface area contributed by atoms with Gasteiger partial charge in [0.05, 0.1) is 6.04 Å². The molecule has 1 aliphatic heterocycles. The molecule has 2 aromatic carbocycles. The Morgan fingerprint density at radius 3 is 2.31 bits per heavy atom. The molecule has 138 valence electrons. The molecule has 0 bridgehead atoms. The second-order valence-corrected chi connectivity index (χ2v) is 7.53. The van der Waals surface area contributed by atoms with Crippen molar-refractivity contribution in [2.45, 2.75) is 31.7 Å². The second-order valence-electron chi connectivity index (χ2n) is 7.53. The number of nitrogens with one attached hydrogen (secondary N) is 2. The molecule has 1 spiro atoms. The van der Waals surface area contributed by atoms with Crippen molar-refractivity contribution in [3.05, 3.63) is 71.8 Å². The normalized spacial score (nSPS) is 21.5. The topological polar surface area (TPSA) is 41.1 Å². The number of hydrogen-bond acceptors (Lipinski definition) is 2. The van der Waals surface area contributed by atoms with E-state index in [0.717, 1.165) is 38.8 Å². The van der Waals surface area contributed by atoms with Gasteiger partial charge in [-0.05, 0) is 55.3 Å². The van der Waals surface area contributed by atoms with Gasteiger partial charge in [-0.15, -0.1) is 12.4 Å². The van der Waals surface area contributed by atoms with Gasteiger partial charge in [0.2, 0.25) is 5.91 Å². The molecule has 2 N–H and O–H groups in total. The lowest BCUT2D eigenvalue weighted by atomic mass is 9.91. The molecule has 1 saturated heterocycles. The molecule has 4 rings (SSSR count). The summed E-state index contributed by atoms with van der Waals surface area (Å²) in [7, 11) is 0. The van der Waals surface area contributed by atoms with Crippen molar-refractivity contribution in [2.75, 3.05) is 13.1 Å². The fraction of sp³-hybridized carbons (Fsp3) is 0.409. The van der Waals surface area contributed by atoms with Gasteiger partial charge in [-0.3, -0.25) is 4.79 Å². The number of benzene rings is 2. The van der Waals surface area contributed by atoms with Crippen LogP contribution in [0.2, 0.25) is 0 Å². The molecule has 2 unspecified atom stereocenters. The number of halogens is 1. The zero-order valence-corrected chi connectivity index (χ0v) is 15.8. The number of piperidine rings is 1. The van der Waals surface area contributed by atoms with Gasteiger partial charge in [0.25, 0.3) is 0 Å². The minimum atomic E-state index is 0. The lowest BCUT2D eigenvalue weighted by Gasteiger charge is -2.24. The molecule has 1 amide bonds. The van der Waals surface area contributed by atoms with Crippen LogP contribution in [-0.2, 0) is 11.2 Å². The molecule has 2 atom stereocenters. The van der Waals surface area contributed by atoms with Crippen LogP contribution >= 0.6 is 12.4 Å². The van der Waals surface area contributed by atoms with Gasteiger partial charge >= 0.3 is 0 Å². The first-order valence-corrected chi connectivity index (χ1v) is 9.37. The molecule has 0 aromatic heterocycles. The van der Waals surface area contributed by atoms with Crippen molar-refractivity contribution in [3.8, 4) is 0 Å². The van der Waals surface area contributed by atoms with Gasteiger partial charge in [-0.25, -0.2) is 0 Å². The Kier molecular flexibility index (Phi) is 6.00. The highest BCUT2D eigenvalue weighted by atomic mass is 35.5. The molecule has 3 nitrogen and oxygen atoms in total. The standard InChI is InChI=1S/C22H26N2O.ClH/c25-21(19-16-22(19)11-13-23-14-12-22)24-20(18-9-5-2-6-10-18)15-17-7-3-1-4-8-17;/h1-10,19-20,23H,11-16H2,(H,24,25);1H. The van der Waals surface area contributed by atoms with E-state index in [4.69, 9.17) is 0 Å². The van der Waals surface area contributed by atoms with Crippen molar-refractivity contribution >= 4 is 18.3 Å². The van der Waals surface area contributed by atoms with Gasteiger partial charge in [0.15, 0.2) is 0 Å². The molecule has 2 aromatic rings. The van der Waals surface area contributed by atoms with Crippen LogP contribution in [0, 0.1) is 11.3 Å². The average Bonchev–Trinajstić information content (AvgIpc) is 3.36. The van der Waals surface area contributed by atoms with Crippen molar-refractivity contribution < 1.29 is 4.79 Å². The lowest BCUT2D eigenvalue weighted by Crippen LogP contribution is -2.35. The predicted octanol–water partition coefficient (Wildman–Crippen LogP) is 3.90. The zero-order chi connectivity index (χ0) is 17.1. The van der Waals surface area contributed by atoms with E-state index < -0.39 is 0 Å². The molecule has 2 aliphatic rings. The van der Waals surface area contributed by atoms with Crippen LogP contribution in [0.4, 0.5) is 0 Å². The molecule has 0 radical (unpaired) electrons. The van der Waals surface area contributed by atoms with E-state index in [1.807, 2.05) is 24.3 Å². The maximum atomic E-state index is 12.9. The smallest absolute Gasteiger partial charge is 0.224 e. The molecule has 4 heteroatoms. The fourth-order valence-electron chi connectivity index (χ4n) is 4.26. The SMILES string of the molecule is Cl.O=C(NC(Cc1ccccc1)c1ccccc1)C1CC12CCNCC2. The van der Waals surface area contributed by atoms with Crippen LogP contribution in [0.25, 0.3) is 0 Å². The summed E-state index contributed by atoms with van der Waals surface area (Å²) in [6.45, 7) is 2.10. The molecule has 2 fully saturated rings. The number of rotatable bonds is 5. The number of carbonyl (C=O) groups is 1. The van der Waals surface area contributed by atoms with Gasteiger partial charge in [-0.1, -0.05) is 60.7 Å². The maximum absolute atomic E-state index is 12.9. The van der Waals surface area contributed by atoms with Gasteiger partial charge in [-0.2, -0.15) is 0 Å². The minimum absolute atomic E-state index is 0. The van der Waals surface area contributed by atoms with E-state index in [0.29, 0.717) is 0 Å². The molecular formula is C22H27ClN2O. The van der Waals surface area contributed by atoms with E-state index in [-0.39, 0.29) is 35.7 Å². The lowest BCUT2D eigenvalue weighted by molar-refractivity contribution is -0.124. The van der Waals surface area contributed by atoms with Gasteiger partial charge in [0, 0.05) is 5.92 Å². The first-order valence-electron chi connectivity index (χ1n) is 9.37. The summed E-state index contributed by atoms with van der Waals surface area (Å²) in [6, 6.07) is 20.8. The van der Waals surface area contributed by atoms with Gasteiger partial charge in [0.1, 0.15) is 0 Å². The Bertz CT molecular complexity index is 713. The molecule has 1 aliphatic carbocycles. The third kappa shape index (κ3) is 4.11. The summed E-state index contributed by atoms with van der Waals surface area (Å²) in [5.74, 6) is 0.447. The summed E-state index contributed by atoms with van der Waals surface area (Å²) in [5.41, 5.74) is 2.72. The highest BCUT2D eigenvalue weighted by Crippen LogP contribution is 2.58. The number of carbonyl (C=O) groups excluding carboxylic acids is 1. The van der Waals surface area contributed by atoms with E-state index in [1.54, 1.807) is 0 Å². The van der Waals surface area contributed by atoms with Crippen molar-refractivity contribution in [2.24, 2.45) is 11.3 Å². The first-order chi connectivity index (χ1) is 12.3. The summed E-state index contributed by atoms with van der Waals surface area (Å²) in [4.78, 5) is 12.9. The van der Waals surface area contributed by atoms with Gasteiger partial charge < -0.3 is 10.6 Å². The summed E-state index contributed by atoms with van der Waals surface area (Å²) in [6.07, 6.45) is 4.17. The van der Waals surface area contributed by atoms with Crippen LogP contribution in [0.15, 0.2) is 60.7 Å². The van der Waals surface area contributed by atoms with Crippen LogP contribution in [0.3, 0.4) is 0 Å². The van der Waals surface area contributed by atoms with E-state index in [2.05, 4.69) is 47.0 Å².